The summed E-state index contributed by atoms with van der Waals surface area (Å²) in [5.41, 5.74) is 1.54. The van der Waals surface area contributed by atoms with Crippen molar-refractivity contribution in [2.45, 2.75) is 6.92 Å². The fourth-order valence-corrected chi connectivity index (χ4v) is 1.97. The molecule has 1 aromatic rings. The number of carbonyl (C=O) groups is 2. The molecule has 0 heterocycles. The van der Waals surface area contributed by atoms with Crippen molar-refractivity contribution in [3.8, 4) is 0 Å². The third kappa shape index (κ3) is 5.29. The molecule has 6 heteroatoms. The van der Waals surface area contributed by atoms with E-state index >= 15 is 0 Å². The topological polar surface area (TPSA) is 75.6 Å². The average molecular weight is 316 g/mol. The van der Waals surface area contributed by atoms with Crippen LogP contribution in [-0.4, -0.2) is 36.7 Å². The van der Waals surface area contributed by atoms with Gasteiger partial charge in [-0.3, -0.25) is 4.79 Å². The van der Waals surface area contributed by atoms with Crippen molar-refractivity contribution in [1.29, 1.82) is 0 Å². The van der Waals surface area contributed by atoms with Gasteiger partial charge in [-0.15, -0.1) is 0 Å². The molecule has 0 radical (unpaired) electrons. The summed E-state index contributed by atoms with van der Waals surface area (Å²) >= 11 is 3.32. The second kappa shape index (κ2) is 7.13. The number of benzene rings is 1. The normalized spacial score (nSPS) is 10.1. The number of halogens is 1. The smallest absolute Gasteiger partial charge is 0.329 e. The molecule has 0 bridgehead atoms. The molecule has 0 fully saturated rings. The van der Waals surface area contributed by atoms with E-state index in [4.69, 9.17) is 9.84 Å². The first-order valence-corrected chi connectivity index (χ1v) is 6.13. The maximum absolute atomic E-state index is 11.7. The fourth-order valence-electron chi connectivity index (χ4n) is 1.37. The molecule has 0 spiro atoms. The molecule has 5 nitrogen and oxygen atoms in total. The highest BCUT2D eigenvalue weighted by atomic mass is 79.9. The highest BCUT2D eigenvalue weighted by molar-refractivity contribution is 9.10. The predicted molar refractivity (Wildman–Crippen MR) is 69.7 cm³/mol. The summed E-state index contributed by atoms with van der Waals surface area (Å²) in [7, 11) is 0. The molecule has 18 heavy (non-hydrogen) atoms. The van der Waals surface area contributed by atoms with Gasteiger partial charge in [0.1, 0.15) is 6.61 Å². The minimum atomic E-state index is -1.02. The van der Waals surface area contributed by atoms with E-state index in [0.29, 0.717) is 5.56 Å². The summed E-state index contributed by atoms with van der Waals surface area (Å²) < 4.78 is 5.65. The summed E-state index contributed by atoms with van der Waals surface area (Å²) in [6.45, 7) is 1.99. The lowest BCUT2D eigenvalue weighted by Crippen LogP contribution is -2.28. The number of aliphatic carboxylic acids is 1. The van der Waals surface area contributed by atoms with Crippen molar-refractivity contribution in [3.63, 3.8) is 0 Å². The van der Waals surface area contributed by atoms with E-state index in [0.717, 1.165) is 10.0 Å². The number of ether oxygens (including phenoxy) is 1. The molecule has 0 atom stereocenters. The van der Waals surface area contributed by atoms with Crippen molar-refractivity contribution in [3.05, 3.63) is 33.8 Å². The van der Waals surface area contributed by atoms with Gasteiger partial charge in [0.25, 0.3) is 5.91 Å². The van der Waals surface area contributed by atoms with Crippen LogP contribution >= 0.6 is 15.9 Å². The van der Waals surface area contributed by atoms with Gasteiger partial charge in [0.15, 0.2) is 0 Å². The molecule has 1 aromatic carbocycles. The Bertz CT molecular complexity index is 427. The molecule has 0 aromatic heterocycles. The molecule has 98 valence electrons. The fraction of sp³-hybridized carbons (Fsp3) is 0.333. The van der Waals surface area contributed by atoms with Crippen LogP contribution in [0, 0.1) is 6.92 Å². The van der Waals surface area contributed by atoms with Gasteiger partial charge in [-0.2, -0.15) is 0 Å². The van der Waals surface area contributed by atoms with E-state index in [9.17, 15) is 9.59 Å². The number of hydrogen-bond acceptors (Lipinski definition) is 3. The zero-order chi connectivity index (χ0) is 13.5. The van der Waals surface area contributed by atoms with Crippen LogP contribution in [0.4, 0.5) is 0 Å². The summed E-state index contributed by atoms with van der Waals surface area (Å²) in [5.74, 6) is -1.23. The third-order valence-electron chi connectivity index (χ3n) is 2.06. The Morgan fingerprint density at radius 3 is 2.72 bits per heavy atom. The molecule has 0 aliphatic heterocycles. The Morgan fingerprint density at radius 1 is 1.39 bits per heavy atom. The van der Waals surface area contributed by atoms with Crippen molar-refractivity contribution in [2.75, 3.05) is 19.8 Å². The molecular formula is C12H14BrNO4. The van der Waals surface area contributed by atoms with Crippen molar-refractivity contribution in [1.82, 2.24) is 5.32 Å². The van der Waals surface area contributed by atoms with Gasteiger partial charge in [0.2, 0.25) is 0 Å². The minimum absolute atomic E-state index is 0.172. The molecule has 2 N–H and O–H groups in total. The van der Waals surface area contributed by atoms with Crippen molar-refractivity contribution >= 4 is 27.8 Å². The summed E-state index contributed by atoms with van der Waals surface area (Å²) in [5, 5.41) is 11.0. The summed E-state index contributed by atoms with van der Waals surface area (Å²) in [6.07, 6.45) is 0. The highest BCUT2D eigenvalue weighted by Gasteiger charge is 2.06. The number of carboxylic acids is 1. The molecular weight excluding hydrogens is 302 g/mol. The largest absolute Gasteiger partial charge is 0.480 e. The predicted octanol–water partition coefficient (Wildman–Crippen LogP) is 1.59. The van der Waals surface area contributed by atoms with E-state index < -0.39 is 5.97 Å². The van der Waals surface area contributed by atoms with Crippen LogP contribution in [0.3, 0.4) is 0 Å². The Hall–Kier alpha value is -1.40. The average Bonchev–Trinajstić information content (AvgIpc) is 2.26. The number of nitrogens with one attached hydrogen (secondary N) is 1. The monoisotopic (exact) mass is 315 g/mol. The number of carbonyl (C=O) groups excluding carboxylic acids is 1. The van der Waals surface area contributed by atoms with Crippen LogP contribution in [0.1, 0.15) is 15.9 Å². The van der Waals surface area contributed by atoms with E-state index in [1.54, 1.807) is 12.1 Å². The SMILES string of the molecule is Cc1cc(Br)cc(C(=O)NCCOCC(=O)O)c1. The molecule has 0 saturated heterocycles. The van der Waals surface area contributed by atoms with Gasteiger partial charge in [-0.1, -0.05) is 15.9 Å². The standard InChI is InChI=1S/C12H14BrNO4/c1-8-4-9(6-10(13)5-8)12(17)14-2-3-18-7-11(15)16/h4-6H,2-3,7H2,1H3,(H,14,17)(H,15,16). The first-order valence-electron chi connectivity index (χ1n) is 5.34. The van der Waals surface area contributed by atoms with E-state index in [2.05, 4.69) is 21.2 Å². The highest BCUT2D eigenvalue weighted by Crippen LogP contribution is 2.15. The van der Waals surface area contributed by atoms with Crippen LogP contribution in [0.15, 0.2) is 22.7 Å². The Morgan fingerprint density at radius 2 is 2.11 bits per heavy atom. The Labute approximate surface area is 113 Å². The summed E-state index contributed by atoms with van der Waals surface area (Å²) in [4.78, 5) is 21.9. The molecule has 0 saturated carbocycles. The van der Waals surface area contributed by atoms with E-state index in [1.807, 2.05) is 13.0 Å². The maximum atomic E-state index is 11.7. The van der Waals surface area contributed by atoms with Crippen LogP contribution in [0.2, 0.25) is 0 Å². The first-order chi connectivity index (χ1) is 8.49. The maximum Gasteiger partial charge on any atom is 0.329 e. The number of hydrogen-bond donors (Lipinski definition) is 2. The quantitative estimate of drug-likeness (QED) is 0.782. The van der Waals surface area contributed by atoms with Gasteiger partial charge in [0, 0.05) is 16.6 Å². The molecule has 1 amide bonds. The van der Waals surface area contributed by atoms with Crippen LogP contribution in [-0.2, 0) is 9.53 Å². The Balaban J connectivity index is 2.38. The van der Waals surface area contributed by atoms with Gasteiger partial charge >= 0.3 is 5.97 Å². The second-order valence-corrected chi connectivity index (χ2v) is 4.64. The van der Waals surface area contributed by atoms with Crippen molar-refractivity contribution in [2.24, 2.45) is 0 Å². The zero-order valence-electron chi connectivity index (χ0n) is 9.90. The lowest BCUT2D eigenvalue weighted by atomic mass is 10.1. The molecule has 0 aliphatic rings. The molecule has 1 rings (SSSR count). The Kier molecular flexibility index (Phi) is 5.80. The van der Waals surface area contributed by atoms with Gasteiger partial charge in [0.05, 0.1) is 6.61 Å². The lowest BCUT2D eigenvalue weighted by Gasteiger charge is -2.06. The van der Waals surface area contributed by atoms with E-state index in [1.165, 1.54) is 0 Å². The second-order valence-electron chi connectivity index (χ2n) is 3.72. The zero-order valence-corrected chi connectivity index (χ0v) is 11.5. The van der Waals surface area contributed by atoms with E-state index in [-0.39, 0.29) is 25.7 Å². The van der Waals surface area contributed by atoms with Gasteiger partial charge in [-0.25, -0.2) is 4.79 Å². The molecule has 0 unspecified atom stereocenters. The van der Waals surface area contributed by atoms with Gasteiger partial charge < -0.3 is 15.2 Å². The van der Waals surface area contributed by atoms with Crippen LogP contribution < -0.4 is 5.32 Å². The number of amides is 1. The molecule has 0 aliphatic carbocycles. The van der Waals surface area contributed by atoms with Crippen LogP contribution in [0.5, 0.6) is 0 Å². The number of rotatable bonds is 6. The number of carboxylic acid groups (broad SMARTS) is 1. The third-order valence-corrected chi connectivity index (χ3v) is 2.52. The summed E-state index contributed by atoms with van der Waals surface area (Å²) in [6, 6.07) is 5.41. The minimum Gasteiger partial charge on any atom is -0.480 e. The van der Waals surface area contributed by atoms with Crippen LogP contribution in [0.25, 0.3) is 0 Å². The first kappa shape index (κ1) is 14.7. The van der Waals surface area contributed by atoms with Gasteiger partial charge in [-0.05, 0) is 30.7 Å². The lowest BCUT2D eigenvalue weighted by molar-refractivity contribution is -0.142. The van der Waals surface area contributed by atoms with Crippen molar-refractivity contribution < 1.29 is 19.4 Å². The number of aryl methyl sites for hydroxylation is 1.